The fourth-order valence-electron chi connectivity index (χ4n) is 3.80. The van der Waals surface area contributed by atoms with E-state index >= 15 is 0 Å². The molecule has 2 aromatic rings. The molecular formula is C22H30N2O3. The first-order chi connectivity index (χ1) is 13.2. The summed E-state index contributed by atoms with van der Waals surface area (Å²) < 4.78 is 16.9. The van der Waals surface area contributed by atoms with Gasteiger partial charge in [0.05, 0.1) is 27.4 Å². The highest BCUT2D eigenvalue weighted by molar-refractivity contribution is 5.58. The molecule has 1 unspecified atom stereocenters. The number of ether oxygens (including phenoxy) is 3. The van der Waals surface area contributed by atoms with Crippen LogP contribution in [0.2, 0.25) is 0 Å². The zero-order chi connectivity index (χ0) is 19.2. The molecule has 1 atom stereocenters. The number of nitrogens with zero attached hydrogens (tertiary/aromatic N) is 1. The Morgan fingerprint density at radius 3 is 2.26 bits per heavy atom. The normalized spacial score (nSPS) is 16.4. The molecule has 3 rings (SSSR count). The van der Waals surface area contributed by atoms with E-state index in [2.05, 4.69) is 47.5 Å². The molecule has 5 nitrogen and oxygen atoms in total. The van der Waals surface area contributed by atoms with Crippen LogP contribution in [0.25, 0.3) is 0 Å². The molecule has 0 aliphatic carbocycles. The standard InChI is InChI=1S/C22H30N2O3/c1-16-6-8-17(9-7-16)20(24-14-5-12-23-13-15-24)18-10-11-19(25-2)22(27-4)21(18)26-3/h6-11,20,23H,5,12-15H2,1-4H3. The zero-order valence-electron chi connectivity index (χ0n) is 16.7. The minimum Gasteiger partial charge on any atom is -0.493 e. The lowest BCUT2D eigenvalue weighted by Crippen LogP contribution is -2.33. The molecule has 0 amide bonds. The highest BCUT2D eigenvalue weighted by Gasteiger charge is 2.28. The maximum Gasteiger partial charge on any atom is 0.203 e. The lowest BCUT2D eigenvalue weighted by Gasteiger charge is -2.33. The molecule has 5 heteroatoms. The van der Waals surface area contributed by atoms with E-state index < -0.39 is 0 Å². The van der Waals surface area contributed by atoms with Crippen LogP contribution in [0.1, 0.15) is 29.2 Å². The average molecular weight is 370 g/mol. The third-order valence-electron chi connectivity index (χ3n) is 5.16. The Kier molecular flexibility index (Phi) is 6.58. The van der Waals surface area contributed by atoms with E-state index in [0.717, 1.165) is 43.9 Å². The first kappa shape index (κ1) is 19.5. The summed E-state index contributed by atoms with van der Waals surface area (Å²) in [5.41, 5.74) is 3.61. The number of rotatable bonds is 6. The Morgan fingerprint density at radius 2 is 1.59 bits per heavy atom. The Bertz CT molecular complexity index is 738. The van der Waals surface area contributed by atoms with E-state index in [1.165, 1.54) is 11.1 Å². The Morgan fingerprint density at radius 1 is 0.852 bits per heavy atom. The summed E-state index contributed by atoms with van der Waals surface area (Å²) in [6, 6.07) is 12.9. The molecule has 1 heterocycles. The van der Waals surface area contributed by atoms with E-state index in [4.69, 9.17) is 14.2 Å². The van der Waals surface area contributed by atoms with Crippen LogP contribution in [0.4, 0.5) is 0 Å². The summed E-state index contributed by atoms with van der Waals surface area (Å²) in [4.78, 5) is 2.52. The van der Waals surface area contributed by atoms with E-state index in [1.807, 2.05) is 6.07 Å². The van der Waals surface area contributed by atoms with Gasteiger partial charge in [0.25, 0.3) is 0 Å². The molecule has 1 aliphatic rings. The van der Waals surface area contributed by atoms with Gasteiger partial charge < -0.3 is 19.5 Å². The smallest absolute Gasteiger partial charge is 0.203 e. The minimum atomic E-state index is 0.0975. The second-order valence-corrected chi connectivity index (χ2v) is 6.88. The molecule has 0 spiro atoms. The second kappa shape index (κ2) is 9.11. The predicted molar refractivity (Wildman–Crippen MR) is 108 cm³/mol. The molecule has 1 aliphatic heterocycles. The number of methoxy groups -OCH3 is 3. The highest BCUT2D eigenvalue weighted by Crippen LogP contribution is 2.45. The third kappa shape index (κ3) is 4.20. The predicted octanol–water partition coefficient (Wildman–Crippen LogP) is 3.41. The van der Waals surface area contributed by atoms with Crippen molar-refractivity contribution >= 4 is 0 Å². The SMILES string of the molecule is COc1ccc(C(c2ccc(C)cc2)N2CCCNCC2)c(OC)c1OC. The van der Waals surface area contributed by atoms with E-state index in [0.29, 0.717) is 11.5 Å². The van der Waals surface area contributed by atoms with Crippen LogP contribution < -0.4 is 19.5 Å². The maximum absolute atomic E-state index is 5.81. The molecule has 27 heavy (non-hydrogen) atoms. The zero-order valence-corrected chi connectivity index (χ0v) is 16.7. The van der Waals surface area contributed by atoms with Gasteiger partial charge in [-0.25, -0.2) is 0 Å². The van der Waals surface area contributed by atoms with Gasteiger partial charge in [-0.15, -0.1) is 0 Å². The molecular weight excluding hydrogens is 340 g/mol. The van der Waals surface area contributed by atoms with Gasteiger partial charge in [0.15, 0.2) is 11.5 Å². The van der Waals surface area contributed by atoms with Gasteiger partial charge in [-0.1, -0.05) is 29.8 Å². The van der Waals surface area contributed by atoms with Crippen LogP contribution in [-0.2, 0) is 0 Å². The van der Waals surface area contributed by atoms with Gasteiger partial charge >= 0.3 is 0 Å². The van der Waals surface area contributed by atoms with Crippen LogP contribution in [0, 0.1) is 6.92 Å². The molecule has 0 aromatic heterocycles. The van der Waals surface area contributed by atoms with Crippen molar-refractivity contribution in [3.8, 4) is 17.2 Å². The number of aryl methyl sites for hydroxylation is 1. The molecule has 0 saturated carbocycles. The van der Waals surface area contributed by atoms with Crippen molar-refractivity contribution in [1.29, 1.82) is 0 Å². The van der Waals surface area contributed by atoms with Crippen LogP contribution >= 0.6 is 0 Å². The molecule has 146 valence electrons. The summed E-state index contributed by atoms with van der Waals surface area (Å²) in [6.07, 6.45) is 1.12. The summed E-state index contributed by atoms with van der Waals surface area (Å²) in [6.45, 7) is 6.17. The molecule has 0 bridgehead atoms. The fourth-order valence-corrected chi connectivity index (χ4v) is 3.80. The van der Waals surface area contributed by atoms with E-state index in [9.17, 15) is 0 Å². The van der Waals surface area contributed by atoms with Crippen molar-refractivity contribution in [2.24, 2.45) is 0 Å². The van der Waals surface area contributed by atoms with Gasteiger partial charge in [0, 0.05) is 25.2 Å². The first-order valence-corrected chi connectivity index (χ1v) is 9.49. The lowest BCUT2D eigenvalue weighted by atomic mass is 9.94. The van der Waals surface area contributed by atoms with Crippen molar-refractivity contribution in [2.75, 3.05) is 47.5 Å². The Labute approximate surface area is 162 Å². The van der Waals surface area contributed by atoms with Crippen LogP contribution in [0.15, 0.2) is 36.4 Å². The maximum atomic E-state index is 5.81. The molecule has 1 fully saturated rings. The van der Waals surface area contributed by atoms with Crippen molar-refractivity contribution in [3.05, 3.63) is 53.1 Å². The topological polar surface area (TPSA) is 43.0 Å². The molecule has 1 N–H and O–H groups in total. The first-order valence-electron chi connectivity index (χ1n) is 9.49. The van der Waals surface area contributed by atoms with Crippen molar-refractivity contribution in [2.45, 2.75) is 19.4 Å². The number of hydrogen-bond donors (Lipinski definition) is 1. The van der Waals surface area contributed by atoms with Gasteiger partial charge in [0.2, 0.25) is 5.75 Å². The van der Waals surface area contributed by atoms with Gasteiger partial charge in [0.1, 0.15) is 0 Å². The molecule has 0 radical (unpaired) electrons. The summed E-state index contributed by atoms with van der Waals surface area (Å²) >= 11 is 0. The highest BCUT2D eigenvalue weighted by atomic mass is 16.5. The van der Waals surface area contributed by atoms with Gasteiger partial charge in [-0.05, 0) is 37.6 Å². The summed E-state index contributed by atoms with van der Waals surface area (Å²) in [7, 11) is 4.99. The number of hydrogen-bond acceptors (Lipinski definition) is 5. The summed E-state index contributed by atoms with van der Waals surface area (Å²) in [5.74, 6) is 2.06. The van der Waals surface area contributed by atoms with Gasteiger partial charge in [-0.2, -0.15) is 0 Å². The quantitative estimate of drug-likeness (QED) is 0.844. The average Bonchev–Trinajstić information content (AvgIpc) is 2.98. The third-order valence-corrected chi connectivity index (χ3v) is 5.16. The fraction of sp³-hybridized carbons (Fsp3) is 0.455. The monoisotopic (exact) mass is 370 g/mol. The van der Waals surface area contributed by atoms with Gasteiger partial charge in [-0.3, -0.25) is 4.90 Å². The number of nitrogens with one attached hydrogen (secondary N) is 1. The Balaban J connectivity index is 2.13. The molecule has 1 saturated heterocycles. The van der Waals surface area contributed by atoms with Crippen molar-refractivity contribution in [3.63, 3.8) is 0 Å². The Hall–Kier alpha value is -2.24. The van der Waals surface area contributed by atoms with Crippen LogP contribution in [0.3, 0.4) is 0 Å². The van der Waals surface area contributed by atoms with Crippen LogP contribution in [-0.4, -0.2) is 52.4 Å². The second-order valence-electron chi connectivity index (χ2n) is 6.88. The summed E-state index contributed by atoms with van der Waals surface area (Å²) in [5, 5.41) is 3.50. The van der Waals surface area contributed by atoms with Crippen LogP contribution in [0.5, 0.6) is 17.2 Å². The lowest BCUT2D eigenvalue weighted by molar-refractivity contribution is 0.233. The molecule has 2 aromatic carbocycles. The van der Waals surface area contributed by atoms with E-state index in [1.54, 1.807) is 21.3 Å². The van der Waals surface area contributed by atoms with E-state index in [-0.39, 0.29) is 6.04 Å². The van der Waals surface area contributed by atoms with Crippen molar-refractivity contribution in [1.82, 2.24) is 10.2 Å². The largest absolute Gasteiger partial charge is 0.493 e. The minimum absolute atomic E-state index is 0.0975. The van der Waals surface area contributed by atoms with Crippen molar-refractivity contribution < 1.29 is 14.2 Å². The number of benzene rings is 2.